The summed E-state index contributed by atoms with van der Waals surface area (Å²) in [6, 6.07) is 8.21. The van der Waals surface area contributed by atoms with Crippen molar-refractivity contribution in [2.75, 3.05) is 32.4 Å². The molecule has 0 bridgehead atoms. The molecule has 2 heterocycles. The first-order valence-electron chi connectivity index (χ1n) is 10.9. The van der Waals surface area contributed by atoms with Crippen LogP contribution in [0.25, 0.3) is 10.1 Å². The molecule has 8 heteroatoms. The van der Waals surface area contributed by atoms with E-state index >= 15 is 0 Å². The van der Waals surface area contributed by atoms with Crippen LogP contribution in [0.2, 0.25) is 0 Å². The van der Waals surface area contributed by atoms with E-state index in [0.717, 1.165) is 65.7 Å². The maximum absolute atomic E-state index is 13.0. The van der Waals surface area contributed by atoms with Gasteiger partial charge in [0.05, 0.1) is 10.6 Å². The van der Waals surface area contributed by atoms with E-state index < -0.39 is 10.0 Å². The zero-order valence-corrected chi connectivity index (χ0v) is 19.2. The van der Waals surface area contributed by atoms with Gasteiger partial charge in [0, 0.05) is 29.7 Å². The Morgan fingerprint density at radius 3 is 2.67 bits per heavy atom. The van der Waals surface area contributed by atoms with E-state index in [1.165, 1.54) is 17.8 Å². The number of thiophene rings is 1. The third-order valence-electron chi connectivity index (χ3n) is 6.25. The van der Waals surface area contributed by atoms with Crippen molar-refractivity contribution in [3.63, 3.8) is 0 Å². The normalized spacial score (nSPS) is 21.3. The molecular weight excluding hydrogens is 418 g/mol. The number of sulfonamides is 1. The molecule has 30 heavy (non-hydrogen) atoms. The second kappa shape index (κ2) is 9.34. The van der Waals surface area contributed by atoms with Crippen LogP contribution < -0.4 is 10.0 Å². The predicted molar refractivity (Wildman–Crippen MR) is 123 cm³/mol. The third kappa shape index (κ3) is 5.04. The fourth-order valence-corrected chi connectivity index (χ4v) is 7.16. The molecule has 0 radical (unpaired) electrons. The number of carbonyl (C=O) groups excluding carboxylic acids is 1. The van der Waals surface area contributed by atoms with Crippen LogP contribution in [0.3, 0.4) is 0 Å². The number of nitrogens with zero attached hydrogens (tertiary/aromatic N) is 1. The van der Waals surface area contributed by atoms with Crippen LogP contribution >= 0.6 is 11.3 Å². The van der Waals surface area contributed by atoms with Gasteiger partial charge >= 0.3 is 0 Å². The van der Waals surface area contributed by atoms with E-state index in [1.807, 2.05) is 12.1 Å². The van der Waals surface area contributed by atoms with E-state index in [4.69, 9.17) is 0 Å². The summed E-state index contributed by atoms with van der Waals surface area (Å²) < 4.78 is 28.7. The molecule has 1 amide bonds. The zero-order valence-electron chi connectivity index (χ0n) is 17.5. The van der Waals surface area contributed by atoms with Gasteiger partial charge in [-0.25, -0.2) is 13.1 Å². The minimum absolute atomic E-state index is 0.0491. The molecule has 0 spiro atoms. The number of rotatable bonds is 7. The summed E-state index contributed by atoms with van der Waals surface area (Å²) in [6.45, 7) is 2.10. The van der Waals surface area contributed by atoms with Crippen LogP contribution in [0.4, 0.5) is 0 Å². The summed E-state index contributed by atoms with van der Waals surface area (Å²) in [7, 11) is -1.28. The predicted octanol–water partition coefficient (Wildman–Crippen LogP) is 3.30. The average Bonchev–Trinajstić information content (AvgIpc) is 3.31. The zero-order chi connectivity index (χ0) is 21.1. The highest BCUT2D eigenvalue weighted by Gasteiger charge is 2.29. The highest BCUT2D eigenvalue weighted by molar-refractivity contribution is 7.89. The minimum Gasteiger partial charge on any atom is -0.350 e. The van der Waals surface area contributed by atoms with E-state index in [9.17, 15) is 13.2 Å². The van der Waals surface area contributed by atoms with Gasteiger partial charge in [-0.2, -0.15) is 0 Å². The van der Waals surface area contributed by atoms with Crippen LogP contribution in [0.1, 0.15) is 59.7 Å². The van der Waals surface area contributed by atoms with Gasteiger partial charge in [0.15, 0.2) is 0 Å². The molecule has 4 rings (SSSR count). The van der Waals surface area contributed by atoms with Crippen molar-refractivity contribution in [3.05, 3.63) is 34.7 Å². The molecule has 1 saturated carbocycles. The summed E-state index contributed by atoms with van der Waals surface area (Å²) in [4.78, 5) is 16.0. The molecule has 6 nitrogen and oxygen atoms in total. The van der Waals surface area contributed by atoms with Crippen LogP contribution in [-0.4, -0.2) is 57.7 Å². The van der Waals surface area contributed by atoms with Gasteiger partial charge in [0.1, 0.15) is 0 Å². The molecule has 164 valence electrons. The number of nitrogens with one attached hydrogen (secondary N) is 2. The molecule has 1 saturated heterocycles. The van der Waals surface area contributed by atoms with E-state index in [1.54, 1.807) is 0 Å². The highest BCUT2D eigenvalue weighted by Crippen LogP contribution is 2.39. The first-order chi connectivity index (χ1) is 14.4. The van der Waals surface area contributed by atoms with Crippen LogP contribution in [0, 0.1) is 0 Å². The lowest BCUT2D eigenvalue weighted by Crippen LogP contribution is -2.40. The topological polar surface area (TPSA) is 78.5 Å². The Bertz CT molecular complexity index is 996. The van der Waals surface area contributed by atoms with Crippen LogP contribution in [-0.2, 0) is 10.0 Å². The summed E-state index contributed by atoms with van der Waals surface area (Å²) >= 11 is 1.51. The first-order valence-corrected chi connectivity index (χ1v) is 13.4. The van der Waals surface area contributed by atoms with Gasteiger partial charge in [0.2, 0.25) is 10.0 Å². The summed E-state index contributed by atoms with van der Waals surface area (Å²) in [5.74, 6) is 0.0963. The molecule has 2 N–H and O–H groups in total. The standard InChI is InChI=1S/C22H31N3O3S2/c1-25-13-11-16(15-25)20-18-9-5-6-10-19(18)29-21(20)22(26)23-12-14-30(27,28)24-17-7-3-2-4-8-17/h5-6,9-10,16-17,24H,2-4,7-8,11-15H2,1H3,(H,23,26)/t16-/m1/s1. The third-order valence-corrected chi connectivity index (χ3v) is 8.87. The lowest BCUT2D eigenvalue weighted by atomic mass is 9.95. The summed E-state index contributed by atoms with van der Waals surface area (Å²) in [5, 5.41) is 4.02. The maximum atomic E-state index is 13.0. The number of likely N-dealkylation sites (N-methyl/N-ethyl adjacent to an activating group) is 1. The molecule has 2 aromatic rings. The number of amides is 1. The summed E-state index contributed by atoms with van der Waals surface area (Å²) in [6.07, 6.45) is 6.20. The van der Waals surface area contributed by atoms with Crippen molar-refractivity contribution in [3.8, 4) is 0 Å². The molecule has 1 aliphatic heterocycles. The smallest absolute Gasteiger partial charge is 0.261 e. The maximum Gasteiger partial charge on any atom is 0.261 e. The van der Waals surface area contributed by atoms with Gasteiger partial charge in [0.25, 0.3) is 5.91 Å². The van der Waals surface area contributed by atoms with Gasteiger partial charge in [-0.1, -0.05) is 37.5 Å². The Kier molecular flexibility index (Phi) is 6.77. The quantitative estimate of drug-likeness (QED) is 0.680. The molecule has 0 unspecified atom stereocenters. The number of benzene rings is 1. The molecule has 1 atom stereocenters. The van der Waals surface area contributed by atoms with Crippen molar-refractivity contribution in [2.24, 2.45) is 0 Å². The number of hydrogen-bond acceptors (Lipinski definition) is 5. The van der Waals surface area contributed by atoms with Gasteiger partial charge in [-0.3, -0.25) is 4.79 Å². The fourth-order valence-electron chi connectivity index (χ4n) is 4.72. The number of carbonyl (C=O) groups is 1. The fraction of sp³-hybridized carbons (Fsp3) is 0.591. The Hall–Kier alpha value is -1.48. The minimum atomic E-state index is -3.38. The Morgan fingerprint density at radius 1 is 1.17 bits per heavy atom. The van der Waals surface area contributed by atoms with E-state index in [0.29, 0.717) is 5.92 Å². The van der Waals surface area contributed by atoms with Crippen molar-refractivity contribution < 1.29 is 13.2 Å². The molecule has 2 fully saturated rings. The second-order valence-electron chi connectivity index (χ2n) is 8.62. The lowest BCUT2D eigenvalue weighted by molar-refractivity contribution is 0.0959. The monoisotopic (exact) mass is 449 g/mol. The van der Waals surface area contributed by atoms with E-state index in [2.05, 4.69) is 34.1 Å². The summed E-state index contributed by atoms with van der Waals surface area (Å²) in [5.41, 5.74) is 1.13. The highest BCUT2D eigenvalue weighted by atomic mass is 32.2. The van der Waals surface area contributed by atoms with E-state index in [-0.39, 0.29) is 24.2 Å². The molecule has 1 aliphatic carbocycles. The van der Waals surface area contributed by atoms with Gasteiger partial charge in [-0.05, 0) is 49.9 Å². The Morgan fingerprint density at radius 2 is 1.93 bits per heavy atom. The van der Waals surface area contributed by atoms with Crippen molar-refractivity contribution in [1.82, 2.24) is 14.9 Å². The number of hydrogen-bond donors (Lipinski definition) is 2. The van der Waals surface area contributed by atoms with Crippen molar-refractivity contribution in [1.29, 1.82) is 0 Å². The Balaban J connectivity index is 1.43. The molecule has 1 aromatic carbocycles. The van der Waals surface area contributed by atoms with Crippen LogP contribution in [0.5, 0.6) is 0 Å². The SMILES string of the molecule is CN1CC[C@@H](c2c(C(=O)NCCS(=O)(=O)NC3CCCCC3)sc3ccccc23)C1. The number of likely N-dealkylation sites (tertiary alicyclic amines) is 1. The molecule has 1 aromatic heterocycles. The van der Waals surface area contributed by atoms with Gasteiger partial charge < -0.3 is 10.2 Å². The van der Waals surface area contributed by atoms with Gasteiger partial charge in [-0.15, -0.1) is 11.3 Å². The van der Waals surface area contributed by atoms with Crippen molar-refractivity contribution in [2.45, 2.75) is 50.5 Å². The Labute approximate surface area is 183 Å². The average molecular weight is 450 g/mol. The molecule has 2 aliphatic rings. The lowest BCUT2D eigenvalue weighted by Gasteiger charge is -2.22. The molecular formula is C22H31N3O3S2. The second-order valence-corrected chi connectivity index (χ2v) is 11.5. The largest absolute Gasteiger partial charge is 0.350 e. The first kappa shape index (κ1) is 21.7. The van der Waals surface area contributed by atoms with Crippen LogP contribution in [0.15, 0.2) is 24.3 Å². The van der Waals surface area contributed by atoms with Crippen molar-refractivity contribution >= 4 is 37.4 Å². The number of fused-ring (bicyclic) bond motifs is 1.